The van der Waals surface area contributed by atoms with Gasteiger partial charge in [-0.15, -0.1) is 11.8 Å². The molecule has 23 heavy (non-hydrogen) atoms. The number of hydrogen-bond donors (Lipinski definition) is 2. The van der Waals surface area contributed by atoms with Crippen LogP contribution >= 0.6 is 11.8 Å². The highest BCUT2D eigenvalue weighted by Gasteiger charge is 2.24. The van der Waals surface area contributed by atoms with Crippen LogP contribution in [-0.2, 0) is 6.42 Å². The average molecular weight is 328 g/mol. The Morgan fingerprint density at radius 1 is 1.26 bits per heavy atom. The van der Waals surface area contributed by atoms with E-state index in [0.29, 0.717) is 5.56 Å². The summed E-state index contributed by atoms with van der Waals surface area (Å²) in [5.74, 6) is 0.582. The van der Waals surface area contributed by atoms with Gasteiger partial charge < -0.3 is 10.6 Å². The number of carbonyl (C=O) groups excluding carboxylic acids is 1. The second-order valence-corrected chi connectivity index (χ2v) is 7.03. The standard InChI is InChI=1S/C18H17FN2OS/c19-13-2-4-17-14(10-13)16(6-8-23-17)21-18(22)12-1-3-15-11(9-12)5-7-20-15/h1-4,9-10,16,20H,5-8H2,(H,21,22). The molecule has 2 aliphatic rings. The van der Waals surface area contributed by atoms with Gasteiger partial charge in [-0.2, -0.15) is 0 Å². The Balaban J connectivity index is 1.57. The molecule has 2 N–H and O–H groups in total. The highest BCUT2D eigenvalue weighted by Crippen LogP contribution is 2.36. The quantitative estimate of drug-likeness (QED) is 0.882. The van der Waals surface area contributed by atoms with Crippen LogP contribution in [0.1, 0.15) is 33.9 Å². The molecule has 1 unspecified atom stereocenters. The van der Waals surface area contributed by atoms with E-state index in [9.17, 15) is 9.18 Å². The number of fused-ring (bicyclic) bond motifs is 2. The molecule has 0 saturated carbocycles. The predicted octanol–water partition coefficient (Wildman–Crippen LogP) is 3.76. The van der Waals surface area contributed by atoms with Crippen molar-refractivity contribution in [2.24, 2.45) is 0 Å². The van der Waals surface area contributed by atoms with Crippen molar-refractivity contribution in [3.05, 3.63) is 58.9 Å². The Morgan fingerprint density at radius 3 is 3.09 bits per heavy atom. The summed E-state index contributed by atoms with van der Waals surface area (Å²) in [7, 11) is 0. The topological polar surface area (TPSA) is 41.1 Å². The van der Waals surface area contributed by atoms with Gasteiger partial charge in [-0.25, -0.2) is 4.39 Å². The van der Waals surface area contributed by atoms with Gasteiger partial charge in [-0.3, -0.25) is 4.79 Å². The summed E-state index contributed by atoms with van der Waals surface area (Å²) in [5.41, 5.74) is 3.85. The van der Waals surface area contributed by atoms with E-state index in [-0.39, 0.29) is 17.8 Å². The predicted molar refractivity (Wildman–Crippen MR) is 90.6 cm³/mol. The monoisotopic (exact) mass is 328 g/mol. The van der Waals surface area contributed by atoms with Gasteiger partial charge in [0.2, 0.25) is 0 Å². The maximum atomic E-state index is 13.5. The Bertz CT molecular complexity index is 778. The fourth-order valence-electron chi connectivity index (χ4n) is 3.20. The van der Waals surface area contributed by atoms with Gasteiger partial charge in [0.15, 0.2) is 0 Å². The average Bonchev–Trinajstić information content (AvgIpc) is 3.03. The van der Waals surface area contributed by atoms with Crippen molar-refractivity contribution in [3.8, 4) is 0 Å². The molecule has 0 bridgehead atoms. The lowest BCUT2D eigenvalue weighted by Crippen LogP contribution is -2.30. The van der Waals surface area contributed by atoms with Crippen LogP contribution in [-0.4, -0.2) is 18.2 Å². The molecule has 0 saturated heterocycles. The number of rotatable bonds is 2. The van der Waals surface area contributed by atoms with E-state index < -0.39 is 0 Å². The number of hydrogen-bond acceptors (Lipinski definition) is 3. The highest BCUT2D eigenvalue weighted by atomic mass is 32.2. The molecule has 1 amide bonds. The largest absolute Gasteiger partial charge is 0.384 e. The molecule has 5 heteroatoms. The highest BCUT2D eigenvalue weighted by molar-refractivity contribution is 7.99. The molecule has 0 aliphatic carbocycles. The maximum Gasteiger partial charge on any atom is 0.251 e. The van der Waals surface area contributed by atoms with Gasteiger partial charge >= 0.3 is 0 Å². The van der Waals surface area contributed by atoms with Gasteiger partial charge in [0.1, 0.15) is 5.82 Å². The van der Waals surface area contributed by atoms with Crippen molar-refractivity contribution in [2.75, 3.05) is 17.6 Å². The second-order valence-electron chi connectivity index (χ2n) is 5.89. The lowest BCUT2D eigenvalue weighted by atomic mass is 10.0. The number of anilines is 1. The van der Waals surface area contributed by atoms with E-state index in [1.165, 1.54) is 11.6 Å². The fraction of sp³-hybridized carbons (Fsp3) is 0.278. The van der Waals surface area contributed by atoms with Gasteiger partial charge in [-0.05, 0) is 60.4 Å². The molecule has 3 nitrogen and oxygen atoms in total. The van der Waals surface area contributed by atoms with E-state index >= 15 is 0 Å². The molecule has 4 rings (SSSR count). The first kappa shape index (κ1) is 14.6. The maximum absolute atomic E-state index is 13.5. The first-order valence-corrected chi connectivity index (χ1v) is 8.79. The molecule has 2 aromatic rings. The normalized spacial score (nSPS) is 18.7. The Morgan fingerprint density at radius 2 is 2.17 bits per heavy atom. The zero-order valence-corrected chi connectivity index (χ0v) is 13.4. The number of amides is 1. The van der Waals surface area contributed by atoms with E-state index in [1.807, 2.05) is 18.2 Å². The molecule has 1 atom stereocenters. The minimum Gasteiger partial charge on any atom is -0.384 e. The zero-order chi connectivity index (χ0) is 15.8. The van der Waals surface area contributed by atoms with Crippen molar-refractivity contribution in [1.82, 2.24) is 5.32 Å². The van der Waals surface area contributed by atoms with Crippen LogP contribution in [0.2, 0.25) is 0 Å². The van der Waals surface area contributed by atoms with Gasteiger partial charge in [-0.1, -0.05) is 0 Å². The van der Waals surface area contributed by atoms with Crippen LogP contribution in [0.25, 0.3) is 0 Å². The van der Waals surface area contributed by atoms with Gasteiger partial charge in [0, 0.05) is 28.4 Å². The molecular formula is C18H17FN2OS. The third kappa shape index (κ3) is 2.81. The van der Waals surface area contributed by atoms with Crippen LogP contribution < -0.4 is 10.6 Å². The van der Waals surface area contributed by atoms with E-state index in [4.69, 9.17) is 0 Å². The second kappa shape index (κ2) is 5.89. The van der Waals surface area contributed by atoms with Gasteiger partial charge in [0.05, 0.1) is 6.04 Å². The zero-order valence-electron chi connectivity index (χ0n) is 12.6. The summed E-state index contributed by atoms with van der Waals surface area (Å²) in [5, 5.41) is 6.36. The Labute approximate surface area is 138 Å². The van der Waals surface area contributed by atoms with Gasteiger partial charge in [0.25, 0.3) is 5.91 Å². The molecular weight excluding hydrogens is 311 g/mol. The molecule has 2 aliphatic heterocycles. The van der Waals surface area contributed by atoms with Crippen molar-refractivity contribution in [2.45, 2.75) is 23.8 Å². The number of thioether (sulfide) groups is 1. The minimum absolute atomic E-state index is 0.0909. The van der Waals surface area contributed by atoms with Crippen molar-refractivity contribution in [1.29, 1.82) is 0 Å². The molecule has 2 aromatic carbocycles. The molecule has 0 fully saturated rings. The van der Waals surface area contributed by atoms with Crippen molar-refractivity contribution < 1.29 is 9.18 Å². The third-order valence-corrected chi connectivity index (χ3v) is 5.52. The van der Waals surface area contributed by atoms with Crippen molar-refractivity contribution >= 4 is 23.4 Å². The Hall–Kier alpha value is -2.01. The first-order valence-electron chi connectivity index (χ1n) is 7.80. The Kier molecular flexibility index (Phi) is 3.73. The molecule has 0 aromatic heterocycles. The van der Waals surface area contributed by atoms with Crippen LogP contribution in [0.5, 0.6) is 0 Å². The van der Waals surface area contributed by atoms with Crippen LogP contribution in [0, 0.1) is 5.82 Å². The summed E-state index contributed by atoms with van der Waals surface area (Å²) in [6.07, 6.45) is 1.77. The first-order chi connectivity index (χ1) is 11.2. The van der Waals surface area contributed by atoms with Crippen LogP contribution in [0.4, 0.5) is 10.1 Å². The third-order valence-electron chi connectivity index (χ3n) is 4.39. The number of benzene rings is 2. The van der Waals surface area contributed by atoms with E-state index in [0.717, 1.165) is 41.3 Å². The van der Waals surface area contributed by atoms with Crippen LogP contribution in [0.15, 0.2) is 41.3 Å². The summed E-state index contributed by atoms with van der Waals surface area (Å²) < 4.78 is 13.5. The van der Waals surface area contributed by atoms with E-state index in [2.05, 4.69) is 10.6 Å². The number of nitrogens with one attached hydrogen (secondary N) is 2. The minimum atomic E-state index is -0.255. The summed E-state index contributed by atoms with van der Waals surface area (Å²) in [4.78, 5) is 13.6. The smallest absolute Gasteiger partial charge is 0.251 e. The van der Waals surface area contributed by atoms with Crippen molar-refractivity contribution in [3.63, 3.8) is 0 Å². The lowest BCUT2D eigenvalue weighted by molar-refractivity contribution is 0.0935. The number of halogens is 1. The molecule has 0 spiro atoms. The molecule has 118 valence electrons. The fourth-order valence-corrected chi connectivity index (χ4v) is 4.31. The summed E-state index contributed by atoms with van der Waals surface area (Å²) in [6, 6.07) is 10.4. The van der Waals surface area contributed by atoms with Crippen LogP contribution in [0.3, 0.4) is 0 Å². The lowest BCUT2D eigenvalue weighted by Gasteiger charge is -2.26. The summed E-state index contributed by atoms with van der Waals surface area (Å²) in [6.45, 7) is 0.924. The molecule has 2 heterocycles. The number of carbonyl (C=O) groups is 1. The molecule has 0 radical (unpaired) electrons. The van der Waals surface area contributed by atoms with E-state index in [1.54, 1.807) is 23.9 Å². The SMILES string of the molecule is O=C(NC1CCSc2ccc(F)cc21)c1ccc2c(c1)CCN2. The summed E-state index contributed by atoms with van der Waals surface area (Å²) >= 11 is 1.71.